The van der Waals surface area contributed by atoms with Crippen LogP contribution in [0.25, 0.3) is 0 Å². The highest BCUT2D eigenvalue weighted by Gasteiger charge is 2.37. The third kappa shape index (κ3) is 1.56. The first kappa shape index (κ1) is 8.97. The number of ether oxygens (including phenoxy) is 2. The van der Waals surface area contributed by atoms with Gasteiger partial charge in [0.15, 0.2) is 5.79 Å². The molecule has 13 heavy (non-hydrogen) atoms. The van der Waals surface area contributed by atoms with Gasteiger partial charge in [0, 0.05) is 6.42 Å². The Morgan fingerprint density at radius 3 is 2.85 bits per heavy atom. The van der Waals surface area contributed by atoms with Crippen LogP contribution < -0.4 is 0 Å². The topological polar surface area (TPSA) is 18.5 Å². The molecule has 1 fully saturated rings. The summed E-state index contributed by atoms with van der Waals surface area (Å²) in [6, 6.07) is 0. The molecule has 0 N–H and O–H groups in total. The summed E-state index contributed by atoms with van der Waals surface area (Å²) in [5, 5.41) is 0. The van der Waals surface area contributed by atoms with Crippen molar-refractivity contribution in [3.63, 3.8) is 0 Å². The summed E-state index contributed by atoms with van der Waals surface area (Å²) in [7, 11) is 0. The van der Waals surface area contributed by atoms with Crippen LogP contribution in [0.5, 0.6) is 0 Å². The lowest BCUT2D eigenvalue weighted by Crippen LogP contribution is -2.32. The normalized spacial score (nSPS) is 31.8. The molecule has 0 aromatic heterocycles. The van der Waals surface area contributed by atoms with Gasteiger partial charge in [-0.25, -0.2) is 0 Å². The molecule has 2 aliphatic rings. The van der Waals surface area contributed by atoms with Crippen molar-refractivity contribution in [1.29, 1.82) is 0 Å². The van der Waals surface area contributed by atoms with Crippen LogP contribution in [0.2, 0.25) is 0 Å². The monoisotopic (exact) mass is 180 g/mol. The quantitative estimate of drug-likeness (QED) is 0.616. The molecule has 0 saturated carbocycles. The zero-order chi connectivity index (χ0) is 9.31. The summed E-state index contributed by atoms with van der Waals surface area (Å²) in [6.45, 7) is 7.46. The molecule has 2 nitrogen and oxygen atoms in total. The minimum Gasteiger partial charge on any atom is -0.344 e. The van der Waals surface area contributed by atoms with Gasteiger partial charge in [-0.15, -0.1) is 0 Å². The number of hydrogen-bond acceptors (Lipinski definition) is 2. The van der Waals surface area contributed by atoms with E-state index in [0.29, 0.717) is 5.92 Å². The van der Waals surface area contributed by atoms with Crippen LogP contribution in [-0.4, -0.2) is 19.0 Å². The molecular weight excluding hydrogens is 164 g/mol. The number of allylic oxidation sites excluding steroid dienone is 2. The van der Waals surface area contributed by atoms with Crippen molar-refractivity contribution in [3.8, 4) is 0 Å². The highest BCUT2D eigenvalue weighted by molar-refractivity contribution is 5.25. The van der Waals surface area contributed by atoms with Crippen LogP contribution in [0.15, 0.2) is 24.3 Å². The fourth-order valence-corrected chi connectivity index (χ4v) is 2.01. The lowest BCUT2D eigenvalue weighted by atomic mass is 9.86. The highest BCUT2D eigenvalue weighted by atomic mass is 16.7. The SMILES string of the molecule is C=CC1=CC2(CCC1C)OCCO2. The smallest absolute Gasteiger partial charge is 0.188 e. The lowest BCUT2D eigenvalue weighted by Gasteiger charge is -2.31. The van der Waals surface area contributed by atoms with Crippen LogP contribution in [-0.2, 0) is 9.47 Å². The molecule has 2 rings (SSSR count). The van der Waals surface area contributed by atoms with Crippen molar-refractivity contribution >= 4 is 0 Å². The van der Waals surface area contributed by atoms with Crippen LogP contribution in [0.3, 0.4) is 0 Å². The Morgan fingerprint density at radius 1 is 1.54 bits per heavy atom. The van der Waals surface area contributed by atoms with Crippen LogP contribution >= 0.6 is 0 Å². The first-order valence-corrected chi connectivity index (χ1v) is 4.89. The number of hydrogen-bond donors (Lipinski definition) is 0. The van der Waals surface area contributed by atoms with Gasteiger partial charge in [0.05, 0.1) is 13.2 Å². The summed E-state index contributed by atoms with van der Waals surface area (Å²) < 4.78 is 11.2. The van der Waals surface area contributed by atoms with E-state index in [0.717, 1.165) is 26.1 Å². The lowest BCUT2D eigenvalue weighted by molar-refractivity contribution is -0.127. The maximum absolute atomic E-state index is 5.62. The molecule has 72 valence electrons. The van der Waals surface area contributed by atoms with E-state index in [9.17, 15) is 0 Å². The fraction of sp³-hybridized carbons (Fsp3) is 0.636. The zero-order valence-corrected chi connectivity index (χ0v) is 8.08. The summed E-state index contributed by atoms with van der Waals surface area (Å²) in [5.74, 6) is 0.187. The van der Waals surface area contributed by atoms with E-state index in [4.69, 9.17) is 9.47 Å². The predicted octanol–water partition coefficient (Wildman–Crippen LogP) is 2.27. The van der Waals surface area contributed by atoms with E-state index >= 15 is 0 Å². The Morgan fingerprint density at radius 2 is 2.23 bits per heavy atom. The minimum atomic E-state index is -0.407. The minimum absolute atomic E-state index is 0.407. The molecule has 1 unspecified atom stereocenters. The summed E-state index contributed by atoms with van der Waals surface area (Å²) in [4.78, 5) is 0. The van der Waals surface area contributed by atoms with Crippen molar-refractivity contribution in [2.45, 2.75) is 25.6 Å². The first-order chi connectivity index (χ1) is 6.26. The van der Waals surface area contributed by atoms with Crippen LogP contribution in [0, 0.1) is 5.92 Å². The summed E-state index contributed by atoms with van der Waals surface area (Å²) in [6.07, 6.45) is 6.11. The Hall–Kier alpha value is -0.600. The Bertz CT molecular complexity index is 236. The molecule has 0 radical (unpaired) electrons. The van der Waals surface area contributed by atoms with Crippen LogP contribution in [0.4, 0.5) is 0 Å². The van der Waals surface area contributed by atoms with Gasteiger partial charge < -0.3 is 9.47 Å². The zero-order valence-electron chi connectivity index (χ0n) is 8.08. The van der Waals surface area contributed by atoms with Gasteiger partial charge in [0.1, 0.15) is 0 Å². The maximum Gasteiger partial charge on any atom is 0.188 e. The molecule has 0 amide bonds. The molecular formula is C11H16O2. The van der Waals surface area contributed by atoms with Crippen LogP contribution in [0.1, 0.15) is 19.8 Å². The largest absolute Gasteiger partial charge is 0.344 e. The van der Waals surface area contributed by atoms with Crippen molar-refractivity contribution in [3.05, 3.63) is 24.3 Å². The number of rotatable bonds is 1. The van der Waals surface area contributed by atoms with Gasteiger partial charge in [0.2, 0.25) is 0 Å². The fourth-order valence-electron chi connectivity index (χ4n) is 2.01. The van der Waals surface area contributed by atoms with Gasteiger partial charge in [-0.2, -0.15) is 0 Å². The Balaban J connectivity index is 2.23. The van der Waals surface area contributed by atoms with Gasteiger partial charge in [-0.1, -0.05) is 19.6 Å². The first-order valence-electron chi connectivity index (χ1n) is 4.89. The molecule has 1 atom stereocenters. The second kappa shape index (κ2) is 3.28. The van der Waals surface area contributed by atoms with Gasteiger partial charge in [-0.05, 0) is 24.0 Å². The van der Waals surface area contributed by atoms with Crippen molar-refractivity contribution in [1.82, 2.24) is 0 Å². The van der Waals surface area contributed by atoms with E-state index in [2.05, 4.69) is 19.6 Å². The summed E-state index contributed by atoms with van der Waals surface area (Å²) in [5.41, 5.74) is 1.26. The van der Waals surface area contributed by atoms with E-state index in [1.54, 1.807) is 0 Å². The third-order valence-electron chi connectivity index (χ3n) is 2.89. The second-order valence-electron chi connectivity index (χ2n) is 3.80. The molecule has 1 saturated heterocycles. The molecule has 0 aromatic rings. The molecule has 1 spiro atoms. The molecule has 1 aliphatic carbocycles. The van der Waals surface area contributed by atoms with E-state index < -0.39 is 5.79 Å². The maximum atomic E-state index is 5.62. The second-order valence-corrected chi connectivity index (χ2v) is 3.80. The standard InChI is InChI=1S/C11H16O2/c1-3-10-8-11(5-4-9(10)2)12-6-7-13-11/h3,8-9H,1,4-7H2,2H3. The molecule has 2 heteroatoms. The molecule has 0 bridgehead atoms. The average molecular weight is 180 g/mol. The highest BCUT2D eigenvalue weighted by Crippen LogP contribution is 2.36. The molecule has 1 aliphatic heterocycles. The Kier molecular flexibility index (Phi) is 2.26. The van der Waals surface area contributed by atoms with E-state index in [-0.39, 0.29) is 0 Å². The third-order valence-corrected chi connectivity index (χ3v) is 2.89. The van der Waals surface area contributed by atoms with Gasteiger partial charge >= 0.3 is 0 Å². The van der Waals surface area contributed by atoms with Gasteiger partial charge in [0.25, 0.3) is 0 Å². The summed E-state index contributed by atoms with van der Waals surface area (Å²) >= 11 is 0. The van der Waals surface area contributed by atoms with Gasteiger partial charge in [-0.3, -0.25) is 0 Å². The average Bonchev–Trinajstić information content (AvgIpc) is 2.59. The molecule has 1 heterocycles. The van der Waals surface area contributed by atoms with E-state index in [1.165, 1.54) is 5.57 Å². The Labute approximate surface area is 79.2 Å². The predicted molar refractivity (Wildman–Crippen MR) is 51.3 cm³/mol. The van der Waals surface area contributed by atoms with Crippen molar-refractivity contribution < 1.29 is 9.47 Å². The van der Waals surface area contributed by atoms with E-state index in [1.807, 2.05) is 6.08 Å². The van der Waals surface area contributed by atoms with Crippen molar-refractivity contribution in [2.24, 2.45) is 5.92 Å². The van der Waals surface area contributed by atoms with Crippen molar-refractivity contribution in [2.75, 3.05) is 13.2 Å². The molecule has 0 aromatic carbocycles.